The average molecular weight is 420 g/mol. The first kappa shape index (κ1) is 19.4. The molecule has 3 heterocycles. The summed E-state index contributed by atoms with van der Waals surface area (Å²) in [6.07, 6.45) is 8.56. The number of imidazole rings is 1. The van der Waals surface area contributed by atoms with Gasteiger partial charge in [0, 0.05) is 24.2 Å². The quantitative estimate of drug-likeness (QED) is 0.448. The van der Waals surface area contributed by atoms with Gasteiger partial charge in [-0.15, -0.1) is 0 Å². The van der Waals surface area contributed by atoms with Crippen LogP contribution in [0.3, 0.4) is 0 Å². The molecule has 0 radical (unpaired) electrons. The van der Waals surface area contributed by atoms with E-state index in [9.17, 15) is 4.79 Å². The molecular weight excluding hydrogens is 400 g/mol. The predicted octanol–water partition coefficient (Wildman–Crippen LogP) is 4.68. The standard InChI is InChI=1S/C25H20N6O/c1-18-6-5-7-19(14-18)24-22(16-31(29-24)21-8-3-2-4-9-21)25(32)28-20-10-11-23(27-15-20)30-13-12-26-17-30/h2-17H,1H3,(H,28,32). The second-order valence-electron chi connectivity index (χ2n) is 7.37. The van der Waals surface area contributed by atoms with Gasteiger partial charge in [0.2, 0.25) is 0 Å². The Labute approximate surface area is 185 Å². The second-order valence-corrected chi connectivity index (χ2v) is 7.37. The fraction of sp³-hybridized carbons (Fsp3) is 0.0400. The highest BCUT2D eigenvalue weighted by Crippen LogP contribution is 2.25. The molecule has 5 aromatic rings. The lowest BCUT2D eigenvalue weighted by Crippen LogP contribution is -2.12. The van der Waals surface area contributed by atoms with Gasteiger partial charge in [-0.05, 0) is 37.3 Å². The number of carbonyl (C=O) groups is 1. The van der Waals surface area contributed by atoms with Crippen molar-refractivity contribution in [2.24, 2.45) is 0 Å². The first-order valence-corrected chi connectivity index (χ1v) is 10.2. The molecule has 0 spiro atoms. The lowest BCUT2D eigenvalue weighted by molar-refractivity contribution is 0.102. The fourth-order valence-corrected chi connectivity index (χ4v) is 3.46. The van der Waals surface area contributed by atoms with E-state index in [1.54, 1.807) is 34.2 Å². The number of aryl methyl sites for hydroxylation is 1. The van der Waals surface area contributed by atoms with Crippen molar-refractivity contribution in [2.75, 3.05) is 5.32 Å². The molecule has 0 bridgehead atoms. The smallest absolute Gasteiger partial charge is 0.259 e. The Morgan fingerprint density at radius 3 is 2.59 bits per heavy atom. The van der Waals surface area contributed by atoms with E-state index in [0.717, 1.165) is 22.6 Å². The van der Waals surface area contributed by atoms with E-state index >= 15 is 0 Å². The number of pyridine rings is 1. The van der Waals surface area contributed by atoms with Gasteiger partial charge in [0.25, 0.3) is 5.91 Å². The van der Waals surface area contributed by atoms with Crippen molar-refractivity contribution in [3.05, 3.63) is 109 Å². The third-order valence-corrected chi connectivity index (χ3v) is 5.05. The van der Waals surface area contributed by atoms with E-state index in [1.165, 1.54) is 0 Å². The number of benzene rings is 2. The van der Waals surface area contributed by atoms with Crippen LogP contribution in [0.2, 0.25) is 0 Å². The van der Waals surface area contributed by atoms with Crippen molar-refractivity contribution in [2.45, 2.75) is 6.92 Å². The number of nitrogens with one attached hydrogen (secondary N) is 1. The molecule has 5 rings (SSSR count). The lowest BCUT2D eigenvalue weighted by Gasteiger charge is -2.07. The van der Waals surface area contributed by atoms with Crippen LogP contribution in [0.25, 0.3) is 22.8 Å². The number of hydrogen-bond acceptors (Lipinski definition) is 4. The molecule has 32 heavy (non-hydrogen) atoms. The van der Waals surface area contributed by atoms with Gasteiger partial charge in [0.05, 0.1) is 23.1 Å². The number of aromatic nitrogens is 5. The van der Waals surface area contributed by atoms with Gasteiger partial charge in [-0.3, -0.25) is 9.36 Å². The summed E-state index contributed by atoms with van der Waals surface area (Å²) < 4.78 is 3.53. The molecule has 7 nitrogen and oxygen atoms in total. The zero-order valence-electron chi connectivity index (χ0n) is 17.4. The van der Waals surface area contributed by atoms with Gasteiger partial charge < -0.3 is 5.32 Å². The van der Waals surface area contributed by atoms with E-state index in [4.69, 9.17) is 5.10 Å². The van der Waals surface area contributed by atoms with Crippen molar-refractivity contribution >= 4 is 11.6 Å². The Morgan fingerprint density at radius 2 is 1.88 bits per heavy atom. The summed E-state index contributed by atoms with van der Waals surface area (Å²) in [6, 6.07) is 21.3. The van der Waals surface area contributed by atoms with Crippen molar-refractivity contribution in [1.82, 2.24) is 24.3 Å². The maximum Gasteiger partial charge on any atom is 0.259 e. The van der Waals surface area contributed by atoms with Crippen LogP contribution in [0.15, 0.2) is 97.8 Å². The van der Waals surface area contributed by atoms with Crippen LogP contribution in [-0.4, -0.2) is 30.2 Å². The predicted molar refractivity (Wildman–Crippen MR) is 123 cm³/mol. The SMILES string of the molecule is Cc1cccc(-c2nn(-c3ccccc3)cc2C(=O)Nc2ccc(-n3ccnc3)nc2)c1. The summed E-state index contributed by atoms with van der Waals surface area (Å²) in [5, 5.41) is 7.67. The van der Waals surface area contributed by atoms with Gasteiger partial charge in [0.1, 0.15) is 17.8 Å². The number of nitrogens with zero attached hydrogens (tertiary/aromatic N) is 5. The first-order chi connectivity index (χ1) is 15.7. The molecule has 0 saturated carbocycles. The van der Waals surface area contributed by atoms with E-state index in [1.807, 2.05) is 79.9 Å². The van der Waals surface area contributed by atoms with Crippen molar-refractivity contribution < 1.29 is 4.79 Å². The minimum Gasteiger partial charge on any atom is -0.320 e. The Kier molecular flexibility index (Phi) is 5.05. The van der Waals surface area contributed by atoms with Crippen molar-refractivity contribution in [3.63, 3.8) is 0 Å². The fourth-order valence-electron chi connectivity index (χ4n) is 3.46. The van der Waals surface area contributed by atoms with Gasteiger partial charge in [-0.2, -0.15) is 5.10 Å². The Hall–Kier alpha value is -4.52. The van der Waals surface area contributed by atoms with Crippen LogP contribution >= 0.6 is 0 Å². The molecule has 0 atom stereocenters. The van der Waals surface area contributed by atoms with Gasteiger partial charge in [-0.25, -0.2) is 14.6 Å². The summed E-state index contributed by atoms with van der Waals surface area (Å²) in [7, 11) is 0. The van der Waals surface area contributed by atoms with Crippen molar-refractivity contribution in [3.8, 4) is 22.8 Å². The summed E-state index contributed by atoms with van der Waals surface area (Å²) >= 11 is 0. The minimum absolute atomic E-state index is 0.249. The van der Waals surface area contributed by atoms with Crippen molar-refractivity contribution in [1.29, 1.82) is 0 Å². The van der Waals surface area contributed by atoms with Crippen LogP contribution in [0, 0.1) is 6.92 Å². The molecule has 7 heteroatoms. The molecule has 0 aliphatic carbocycles. The number of hydrogen-bond donors (Lipinski definition) is 1. The lowest BCUT2D eigenvalue weighted by atomic mass is 10.1. The molecular formula is C25H20N6O. The summed E-state index contributed by atoms with van der Waals surface area (Å²) in [4.78, 5) is 21.7. The summed E-state index contributed by atoms with van der Waals surface area (Å²) in [5.74, 6) is 0.471. The van der Waals surface area contributed by atoms with Gasteiger partial charge in [-0.1, -0.05) is 42.0 Å². The van der Waals surface area contributed by atoms with E-state index in [-0.39, 0.29) is 5.91 Å². The molecule has 0 fully saturated rings. The first-order valence-electron chi connectivity index (χ1n) is 10.2. The molecule has 2 aromatic carbocycles. The number of amides is 1. The third kappa shape index (κ3) is 3.91. The minimum atomic E-state index is -0.249. The van der Waals surface area contributed by atoms with Crippen LogP contribution < -0.4 is 5.32 Å². The largest absolute Gasteiger partial charge is 0.320 e. The van der Waals surface area contributed by atoms with Crippen LogP contribution in [0.1, 0.15) is 15.9 Å². The Bertz CT molecular complexity index is 1360. The summed E-state index contributed by atoms with van der Waals surface area (Å²) in [5.41, 5.74) is 4.57. The molecule has 156 valence electrons. The normalized spacial score (nSPS) is 10.8. The number of carbonyl (C=O) groups excluding carboxylic acids is 1. The monoisotopic (exact) mass is 420 g/mol. The average Bonchev–Trinajstić information content (AvgIpc) is 3.51. The highest BCUT2D eigenvalue weighted by molar-refractivity contribution is 6.08. The Morgan fingerprint density at radius 1 is 1.00 bits per heavy atom. The van der Waals surface area contributed by atoms with E-state index < -0.39 is 0 Å². The molecule has 1 amide bonds. The second kappa shape index (κ2) is 8.31. The molecule has 0 aliphatic rings. The van der Waals surface area contributed by atoms with Gasteiger partial charge >= 0.3 is 0 Å². The zero-order chi connectivity index (χ0) is 21.9. The molecule has 0 saturated heterocycles. The van der Waals surface area contributed by atoms with Gasteiger partial charge in [0.15, 0.2) is 0 Å². The maximum absolute atomic E-state index is 13.2. The van der Waals surface area contributed by atoms with E-state index in [0.29, 0.717) is 16.9 Å². The number of para-hydroxylation sites is 1. The van der Waals surface area contributed by atoms with Crippen LogP contribution in [-0.2, 0) is 0 Å². The summed E-state index contributed by atoms with van der Waals surface area (Å²) in [6.45, 7) is 2.02. The third-order valence-electron chi connectivity index (χ3n) is 5.05. The molecule has 0 aliphatic heterocycles. The maximum atomic E-state index is 13.2. The van der Waals surface area contributed by atoms with E-state index in [2.05, 4.69) is 15.3 Å². The molecule has 3 aromatic heterocycles. The zero-order valence-corrected chi connectivity index (χ0v) is 17.4. The number of rotatable bonds is 5. The van der Waals surface area contributed by atoms with Crippen LogP contribution in [0.4, 0.5) is 5.69 Å². The highest BCUT2D eigenvalue weighted by Gasteiger charge is 2.19. The number of anilines is 1. The Balaban J connectivity index is 1.48. The topological polar surface area (TPSA) is 77.6 Å². The molecule has 0 unspecified atom stereocenters. The highest BCUT2D eigenvalue weighted by atomic mass is 16.1. The molecule has 1 N–H and O–H groups in total. The van der Waals surface area contributed by atoms with Crippen LogP contribution in [0.5, 0.6) is 0 Å².